The Morgan fingerprint density at radius 3 is 2.31 bits per heavy atom. The Morgan fingerprint density at radius 2 is 1.92 bits per heavy atom. The van der Waals surface area contributed by atoms with Gasteiger partial charge in [-0.05, 0) is 33.6 Å². The smallest absolute Gasteiger partial charge is 0.0644 e. The zero-order valence-corrected chi connectivity index (χ0v) is 8.62. The molecule has 0 bridgehead atoms. The molecule has 13 heavy (non-hydrogen) atoms. The minimum atomic E-state index is -0.851. The summed E-state index contributed by atoms with van der Waals surface area (Å²) in [6.45, 7) is 5.15. The zero-order valence-electron chi connectivity index (χ0n) is 8.62. The Labute approximate surface area is 79.4 Å². The van der Waals surface area contributed by atoms with Gasteiger partial charge < -0.3 is 15.3 Å². The van der Waals surface area contributed by atoms with Crippen molar-refractivity contribution in [3.8, 4) is 0 Å². The highest BCUT2D eigenvalue weighted by atomic mass is 16.3. The van der Waals surface area contributed by atoms with E-state index in [0.717, 1.165) is 0 Å². The van der Waals surface area contributed by atoms with E-state index in [1.165, 1.54) is 0 Å². The lowest BCUT2D eigenvalue weighted by molar-refractivity contribution is -0.115. The molecule has 0 aromatic rings. The minimum absolute atomic E-state index is 0.118. The highest BCUT2D eigenvalue weighted by molar-refractivity contribution is 4.93. The third-order valence-corrected chi connectivity index (χ3v) is 3.01. The molecule has 0 aliphatic heterocycles. The van der Waals surface area contributed by atoms with Crippen molar-refractivity contribution in [2.45, 2.75) is 57.3 Å². The van der Waals surface area contributed by atoms with Crippen molar-refractivity contribution >= 4 is 0 Å². The van der Waals surface area contributed by atoms with Gasteiger partial charge in [-0.15, -0.1) is 0 Å². The second-order valence-corrected chi connectivity index (χ2v) is 5.07. The molecule has 1 aliphatic rings. The fraction of sp³-hybridized carbons (Fsp3) is 1.00. The zero-order chi connectivity index (χ0) is 10.3. The van der Waals surface area contributed by atoms with Crippen LogP contribution in [0.15, 0.2) is 0 Å². The largest absolute Gasteiger partial charge is 0.393 e. The molecular formula is C10H20O3. The second kappa shape index (κ2) is 3.23. The van der Waals surface area contributed by atoms with Crippen LogP contribution >= 0.6 is 0 Å². The van der Waals surface area contributed by atoms with E-state index in [0.29, 0.717) is 19.3 Å². The summed E-state index contributed by atoms with van der Waals surface area (Å²) >= 11 is 0. The molecular weight excluding hydrogens is 168 g/mol. The molecule has 0 heterocycles. The first-order chi connectivity index (χ1) is 5.72. The van der Waals surface area contributed by atoms with E-state index in [1.807, 2.05) is 0 Å². The standard InChI is InChI=1S/C10H20O3/c1-9(2,12)7-4-5-10(3,13)6-8(7)11/h7-8,11-13H,4-6H2,1-3H3/t7-,8+,10+/m0/s1. The molecule has 3 nitrogen and oxygen atoms in total. The Kier molecular flexibility index (Phi) is 2.72. The van der Waals surface area contributed by atoms with Crippen molar-refractivity contribution in [3.63, 3.8) is 0 Å². The lowest BCUT2D eigenvalue weighted by atomic mass is 9.71. The summed E-state index contributed by atoms with van der Waals surface area (Å²) < 4.78 is 0. The molecule has 1 saturated carbocycles. The molecule has 0 saturated heterocycles. The Bertz CT molecular complexity index is 181. The van der Waals surface area contributed by atoms with Crippen LogP contribution < -0.4 is 0 Å². The molecule has 3 atom stereocenters. The van der Waals surface area contributed by atoms with E-state index in [-0.39, 0.29) is 5.92 Å². The molecule has 3 heteroatoms. The summed E-state index contributed by atoms with van der Waals surface area (Å²) in [7, 11) is 0. The van der Waals surface area contributed by atoms with Crippen LogP contribution in [0, 0.1) is 5.92 Å². The van der Waals surface area contributed by atoms with Crippen molar-refractivity contribution in [1.82, 2.24) is 0 Å². The number of rotatable bonds is 1. The van der Waals surface area contributed by atoms with Gasteiger partial charge in [0.1, 0.15) is 0 Å². The lowest BCUT2D eigenvalue weighted by Gasteiger charge is -2.42. The molecule has 0 aromatic carbocycles. The van der Waals surface area contributed by atoms with Gasteiger partial charge in [-0.2, -0.15) is 0 Å². The molecule has 0 radical (unpaired) electrons. The van der Waals surface area contributed by atoms with Crippen LogP contribution in [-0.2, 0) is 0 Å². The Hall–Kier alpha value is -0.120. The van der Waals surface area contributed by atoms with Crippen molar-refractivity contribution in [3.05, 3.63) is 0 Å². The van der Waals surface area contributed by atoms with Gasteiger partial charge in [0.05, 0.1) is 17.3 Å². The Balaban J connectivity index is 2.64. The lowest BCUT2D eigenvalue weighted by Crippen LogP contribution is -2.47. The van der Waals surface area contributed by atoms with Gasteiger partial charge in [0, 0.05) is 12.3 Å². The van der Waals surface area contributed by atoms with Gasteiger partial charge in [0.15, 0.2) is 0 Å². The van der Waals surface area contributed by atoms with Crippen LogP contribution in [0.5, 0.6) is 0 Å². The fourth-order valence-electron chi connectivity index (χ4n) is 2.18. The van der Waals surface area contributed by atoms with E-state index in [4.69, 9.17) is 0 Å². The predicted octanol–water partition coefficient (Wildman–Crippen LogP) is 0.669. The SMILES string of the molecule is CC(C)(O)[C@H]1CC[C@@](C)(O)C[C@H]1O. The van der Waals surface area contributed by atoms with Gasteiger partial charge in [-0.3, -0.25) is 0 Å². The summed E-state index contributed by atoms with van der Waals surface area (Å²) in [6, 6.07) is 0. The van der Waals surface area contributed by atoms with Gasteiger partial charge in [0.2, 0.25) is 0 Å². The van der Waals surface area contributed by atoms with Crippen molar-refractivity contribution in [1.29, 1.82) is 0 Å². The quantitative estimate of drug-likeness (QED) is 0.567. The van der Waals surface area contributed by atoms with Gasteiger partial charge in [0.25, 0.3) is 0 Å². The summed E-state index contributed by atoms with van der Waals surface area (Å²) in [5.41, 5.74) is -1.61. The maximum absolute atomic E-state index is 9.74. The van der Waals surface area contributed by atoms with Crippen LogP contribution in [0.25, 0.3) is 0 Å². The van der Waals surface area contributed by atoms with E-state index >= 15 is 0 Å². The first kappa shape index (κ1) is 11.0. The van der Waals surface area contributed by atoms with Crippen LogP contribution in [0.3, 0.4) is 0 Å². The number of hydrogen-bond acceptors (Lipinski definition) is 3. The average molecular weight is 188 g/mol. The highest BCUT2D eigenvalue weighted by Crippen LogP contribution is 2.37. The summed E-state index contributed by atoms with van der Waals surface area (Å²) in [5, 5.41) is 29.1. The summed E-state index contributed by atoms with van der Waals surface area (Å²) in [5.74, 6) is -0.118. The van der Waals surface area contributed by atoms with Gasteiger partial charge in [-0.25, -0.2) is 0 Å². The van der Waals surface area contributed by atoms with E-state index in [1.54, 1.807) is 20.8 Å². The van der Waals surface area contributed by atoms with Crippen LogP contribution in [0.4, 0.5) is 0 Å². The molecule has 1 aliphatic carbocycles. The van der Waals surface area contributed by atoms with Crippen molar-refractivity contribution in [2.75, 3.05) is 0 Å². The fourth-order valence-corrected chi connectivity index (χ4v) is 2.18. The molecule has 0 unspecified atom stereocenters. The van der Waals surface area contributed by atoms with Crippen LogP contribution in [0.1, 0.15) is 40.0 Å². The number of aliphatic hydroxyl groups excluding tert-OH is 1. The monoisotopic (exact) mass is 188 g/mol. The molecule has 0 amide bonds. The summed E-state index contributed by atoms with van der Waals surface area (Å²) in [4.78, 5) is 0. The normalized spacial score (nSPS) is 42.0. The highest BCUT2D eigenvalue weighted by Gasteiger charge is 2.41. The molecule has 0 aromatic heterocycles. The molecule has 3 N–H and O–H groups in total. The van der Waals surface area contributed by atoms with E-state index in [9.17, 15) is 15.3 Å². The maximum Gasteiger partial charge on any atom is 0.0644 e. The maximum atomic E-state index is 9.74. The number of hydrogen-bond donors (Lipinski definition) is 3. The van der Waals surface area contributed by atoms with Crippen molar-refractivity contribution < 1.29 is 15.3 Å². The van der Waals surface area contributed by atoms with Gasteiger partial charge in [-0.1, -0.05) is 0 Å². The van der Waals surface area contributed by atoms with E-state index in [2.05, 4.69) is 0 Å². The Morgan fingerprint density at radius 1 is 1.38 bits per heavy atom. The topological polar surface area (TPSA) is 60.7 Å². The average Bonchev–Trinajstić information content (AvgIpc) is 1.80. The first-order valence-electron chi connectivity index (χ1n) is 4.85. The third kappa shape index (κ3) is 2.66. The van der Waals surface area contributed by atoms with Crippen LogP contribution in [0.2, 0.25) is 0 Å². The number of aliphatic hydroxyl groups is 3. The third-order valence-electron chi connectivity index (χ3n) is 3.01. The molecule has 1 fully saturated rings. The molecule has 78 valence electrons. The molecule has 0 spiro atoms. The van der Waals surface area contributed by atoms with Gasteiger partial charge >= 0.3 is 0 Å². The second-order valence-electron chi connectivity index (χ2n) is 5.07. The first-order valence-corrected chi connectivity index (χ1v) is 4.85. The van der Waals surface area contributed by atoms with Crippen LogP contribution in [-0.4, -0.2) is 32.6 Å². The van der Waals surface area contributed by atoms with Crippen molar-refractivity contribution in [2.24, 2.45) is 5.92 Å². The summed E-state index contributed by atoms with van der Waals surface area (Å²) in [6.07, 6.45) is 1.10. The molecule has 1 rings (SSSR count). The predicted molar refractivity (Wildman–Crippen MR) is 50.3 cm³/mol. The minimum Gasteiger partial charge on any atom is -0.393 e. The van der Waals surface area contributed by atoms with E-state index < -0.39 is 17.3 Å².